The Labute approximate surface area is 180 Å². The molecule has 0 fully saturated rings. The van der Waals surface area contributed by atoms with Crippen LogP contribution < -0.4 is 5.32 Å². The molecule has 156 valence electrons. The average molecular weight is 413 g/mol. The minimum absolute atomic E-state index is 0.190. The van der Waals surface area contributed by atoms with Gasteiger partial charge in [0.2, 0.25) is 0 Å². The van der Waals surface area contributed by atoms with E-state index in [1.165, 1.54) is 11.2 Å². The molecule has 3 N–H and O–H groups in total. The lowest BCUT2D eigenvalue weighted by Gasteiger charge is -2.20. The van der Waals surface area contributed by atoms with Gasteiger partial charge >= 0.3 is 0 Å². The molecule has 2 aromatic carbocycles. The van der Waals surface area contributed by atoms with Gasteiger partial charge in [-0.1, -0.05) is 48.5 Å². The van der Waals surface area contributed by atoms with Crippen LogP contribution in [0.2, 0.25) is 0 Å². The molecule has 1 atom stereocenters. The number of nitrogens with zero attached hydrogens (tertiary/aromatic N) is 3. The number of carbonyl (C=O) groups is 1. The fourth-order valence-electron chi connectivity index (χ4n) is 3.25. The third-order valence-corrected chi connectivity index (χ3v) is 4.90. The summed E-state index contributed by atoms with van der Waals surface area (Å²) in [5.74, 6) is 0.450. The molecular formula is C24H23N5O2. The second kappa shape index (κ2) is 9.23. The largest absolute Gasteiger partial charge is 0.387 e. The number of anilines is 2. The van der Waals surface area contributed by atoms with Crippen molar-refractivity contribution in [1.82, 2.24) is 19.9 Å². The molecule has 0 aliphatic heterocycles. The summed E-state index contributed by atoms with van der Waals surface area (Å²) in [6.07, 6.45) is 2.47. The quantitative estimate of drug-likeness (QED) is 0.425. The van der Waals surface area contributed by atoms with E-state index >= 15 is 0 Å². The molecule has 4 aromatic rings. The number of benzene rings is 2. The van der Waals surface area contributed by atoms with E-state index in [1.54, 1.807) is 19.3 Å². The Balaban J connectivity index is 1.45. The van der Waals surface area contributed by atoms with Gasteiger partial charge in [0, 0.05) is 30.6 Å². The number of hydrogen-bond donors (Lipinski definition) is 3. The molecule has 0 spiro atoms. The number of aliphatic hydroxyl groups is 1. The van der Waals surface area contributed by atoms with Gasteiger partial charge in [-0.15, -0.1) is 0 Å². The molecule has 4 rings (SSSR count). The summed E-state index contributed by atoms with van der Waals surface area (Å²) >= 11 is 0. The standard InChI is InChI=1S/C24H23N5O2/c1-29(15-22(30)17-8-4-2-5-9-17)24(31)21-12-18(14-25-21)20-13-23(27-16-26-20)28-19-10-6-3-7-11-19/h2-14,16,22,25,30H,15H2,1H3,(H,26,27,28). The number of likely N-dealkylation sites (N-methyl/N-ethyl adjacent to an activating group) is 1. The van der Waals surface area contributed by atoms with E-state index in [9.17, 15) is 9.90 Å². The van der Waals surface area contributed by atoms with Gasteiger partial charge in [-0.2, -0.15) is 0 Å². The number of carbonyl (C=O) groups excluding carboxylic acids is 1. The summed E-state index contributed by atoms with van der Waals surface area (Å²) in [6, 6.07) is 22.6. The predicted molar refractivity (Wildman–Crippen MR) is 120 cm³/mol. The van der Waals surface area contributed by atoms with Crippen molar-refractivity contribution in [3.8, 4) is 11.3 Å². The highest BCUT2D eigenvalue weighted by Gasteiger charge is 2.18. The second-order valence-electron chi connectivity index (χ2n) is 7.19. The second-order valence-corrected chi connectivity index (χ2v) is 7.19. The van der Waals surface area contributed by atoms with E-state index in [2.05, 4.69) is 20.3 Å². The van der Waals surface area contributed by atoms with Crippen molar-refractivity contribution in [1.29, 1.82) is 0 Å². The fraction of sp³-hybridized carbons (Fsp3) is 0.125. The van der Waals surface area contributed by atoms with Crippen molar-refractivity contribution in [2.24, 2.45) is 0 Å². The third-order valence-electron chi connectivity index (χ3n) is 4.90. The smallest absolute Gasteiger partial charge is 0.270 e. The lowest BCUT2D eigenvalue weighted by molar-refractivity contribution is 0.0676. The zero-order valence-electron chi connectivity index (χ0n) is 17.1. The molecule has 0 bridgehead atoms. The predicted octanol–water partition coefficient (Wildman–Crippen LogP) is 4.02. The van der Waals surface area contributed by atoms with Crippen LogP contribution in [0.15, 0.2) is 85.3 Å². The molecule has 7 nitrogen and oxygen atoms in total. The summed E-state index contributed by atoms with van der Waals surface area (Å²) in [5.41, 5.74) is 3.59. The zero-order chi connectivity index (χ0) is 21.6. The van der Waals surface area contributed by atoms with Gasteiger partial charge in [-0.3, -0.25) is 4.79 Å². The average Bonchev–Trinajstić information content (AvgIpc) is 3.30. The Morgan fingerprint density at radius 2 is 1.77 bits per heavy atom. The van der Waals surface area contributed by atoms with Crippen molar-refractivity contribution in [3.05, 3.63) is 96.6 Å². The first kappa shape index (κ1) is 20.3. The van der Waals surface area contributed by atoms with E-state index in [4.69, 9.17) is 0 Å². The number of nitrogens with one attached hydrogen (secondary N) is 2. The van der Waals surface area contributed by atoms with Gasteiger partial charge in [0.1, 0.15) is 17.8 Å². The first-order valence-electron chi connectivity index (χ1n) is 9.91. The fourth-order valence-corrected chi connectivity index (χ4v) is 3.25. The maximum absolute atomic E-state index is 12.8. The van der Waals surface area contributed by atoms with Crippen LogP contribution >= 0.6 is 0 Å². The molecular weight excluding hydrogens is 390 g/mol. The Bertz CT molecular complexity index is 1140. The number of hydrogen-bond acceptors (Lipinski definition) is 5. The minimum Gasteiger partial charge on any atom is -0.387 e. The summed E-state index contributed by atoms with van der Waals surface area (Å²) in [5, 5.41) is 13.6. The normalized spacial score (nSPS) is 11.7. The van der Waals surface area contributed by atoms with Gasteiger partial charge in [0.25, 0.3) is 5.91 Å². The SMILES string of the molecule is CN(CC(O)c1ccccc1)C(=O)c1cc(-c2cc(Nc3ccccc3)ncn2)c[nH]1. The van der Waals surface area contributed by atoms with Gasteiger partial charge in [0.15, 0.2) is 0 Å². The highest BCUT2D eigenvalue weighted by molar-refractivity contribution is 5.93. The number of amides is 1. The molecule has 7 heteroatoms. The van der Waals surface area contributed by atoms with Crippen LogP contribution in [-0.4, -0.2) is 44.5 Å². The molecule has 2 aromatic heterocycles. The van der Waals surface area contributed by atoms with E-state index in [-0.39, 0.29) is 12.5 Å². The van der Waals surface area contributed by atoms with E-state index < -0.39 is 6.10 Å². The van der Waals surface area contributed by atoms with Gasteiger partial charge in [-0.25, -0.2) is 9.97 Å². The minimum atomic E-state index is -0.752. The number of para-hydroxylation sites is 1. The topological polar surface area (TPSA) is 94.1 Å². The van der Waals surface area contributed by atoms with E-state index in [0.29, 0.717) is 17.2 Å². The number of rotatable bonds is 7. The van der Waals surface area contributed by atoms with E-state index in [0.717, 1.165) is 16.8 Å². The molecule has 31 heavy (non-hydrogen) atoms. The number of aromatic amines is 1. The van der Waals surface area contributed by atoms with E-state index in [1.807, 2.05) is 66.7 Å². The van der Waals surface area contributed by atoms with Crippen molar-refractivity contribution in [3.63, 3.8) is 0 Å². The maximum Gasteiger partial charge on any atom is 0.270 e. The molecule has 0 radical (unpaired) electrons. The third kappa shape index (κ3) is 4.96. The molecule has 1 amide bonds. The highest BCUT2D eigenvalue weighted by Crippen LogP contribution is 2.22. The molecule has 0 aliphatic carbocycles. The number of aliphatic hydroxyl groups excluding tert-OH is 1. The van der Waals surface area contributed by atoms with Crippen LogP contribution in [0.1, 0.15) is 22.2 Å². The Morgan fingerprint density at radius 1 is 1.06 bits per heavy atom. The lowest BCUT2D eigenvalue weighted by atomic mass is 10.1. The first-order chi connectivity index (χ1) is 15.1. The molecule has 0 aliphatic rings. The zero-order valence-corrected chi connectivity index (χ0v) is 17.1. The Morgan fingerprint density at radius 3 is 2.52 bits per heavy atom. The molecule has 0 saturated carbocycles. The van der Waals surface area contributed by atoms with Gasteiger partial charge < -0.3 is 20.3 Å². The summed E-state index contributed by atoms with van der Waals surface area (Å²) in [7, 11) is 1.67. The van der Waals surface area contributed by atoms with Crippen molar-refractivity contribution in [2.75, 3.05) is 18.9 Å². The highest BCUT2D eigenvalue weighted by atomic mass is 16.3. The number of aromatic nitrogens is 3. The van der Waals surface area contributed by atoms with Crippen LogP contribution in [0.25, 0.3) is 11.3 Å². The van der Waals surface area contributed by atoms with Crippen molar-refractivity contribution < 1.29 is 9.90 Å². The van der Waals surface area contributed by atoms with Crippen LogP contribution in [0.3, 0.4) is 0 Å². The van der Waals surface area contributed by atoms with Crippen LogP contribution in [0, 0.1) is 0 Å². The maximum atomic E-state index is 12.8. The first-order valence-corrected chi connectivity index (χ1v) is 9.91. The van der Waals surface area contributed by atoms with Crippen LogP contribution in [0.4, 0.5) is 11.5 Å². The lowest BCUT2D eigenvalue weighted by Crippen LogP contribution is -2.31. The van der Waals surface area contributed by atoms with Crippen LogP contribution in [-0.2, 0) is 0 Å². The molecule has 1 unspecified atom stereocenters. The van der Waals surface area contributed by atoms with Gasteiger partial charge in [0.05, 0.1) is 18.3 Å². The Kier molecular flexibility index (Phi) is 6.05. The van der Waals surface area contributed by atoms with Crippen molar-refractivity contribution in [2.45, 2.75) is 6.10 Å². The number of H-pyrrole nitrogens is 1. The van der Waals surface area contributed by atoms with Gasteiger partial charge in [-0.05, 0) is 23.8 Å². The monoisotopic (exact) mass is 413 g/mol. The molecule has 2 heterocycles. The molecule has 0 saturated heterocycles. The van der Waals surface area contributed by atoms with Crippen molar-refractivity contribution >= 4 is 17.4 Å². The summed E-state index contributed by atoms with van der Waals surface area (Å²) in [4.78, 5) is 25.9. The van der Waals surface area contributed by atoms with Crippen LogP contribution in [0.5, 0.6) is 0 Å². The summed E-state index contributed by atoms with van der Waals surface area (Å²) in [6.45, 7) is 0.190. The summed E-state index contributed by atoms with van der Waals surface area (Å²) < 4.78 is 0. The Hall–Kier alpha value is -3.97.